The number of carbonyl (C=O) groups is 2. The fraction of sp³-hybridized carbons (Fsp3) is 0. The van der Waals surface area contributed by atoms with Gasteiger partial charge in [-0.2, -0.15) is 0 Å². The standard InChI is InChI=1S/C10H9N3O2/c11-9(14)5-1-2-8-6(3-5)7(4-13-8)10(12)15/h1-4,13H,(H2,11,14)(H2,12,15). The van der Waals surface area contributed by atoms with Gasteiger partial charge in [0.15, 0.2) is 0 Å². The number of nitrogens with two attached hydrogens (primary N) is 2. The summed E-state index contributed by atoms with van der Waals surface area (Å²) in [5, 5.41) is 0.610. The van der Waals surface area contributed by atoms with E-state index in [0.717, 1.165) is 5.52 Å². The molecule has 1 aromatic carbocycles. The van der Waals surface area contributed by atoms with Crippen LogP contribution < -0.4 is 11.5 Å². The summed E-state index contributed by atoms with van der Waals surface area (Å²) in [7, 11) is 0. The average Bonchev–Trinajstić information content (AvgIpc) is 2.59. The number of fused-ring (bicyclic) bond motifs is 1. The van der Waals surface area contributed by atoms with Crippen molar-refractivity contribution in [2.24, 2.45) is 11.5 Å². The summed E-state index contributed by atoms with van der Waals surface area (Å²) < 4.78 is 0. The smallest absolute Gasteiger partial charge is 0.250 e. The van der Waals surface area contributed by atoms with Crippen LogP contribution in [-0.4, -0.2) is 16.8 Å². The second-order valence-corrected chi connectivity index (χ2v) is 3.19. The summed E-state index contributed by atoms with van der Waals surface area (Å²) in [4.78, 5) is 24.9. The van der Waals surface area contributed by atoms with Gasteiger partial charge in [-0.1, -0.05) is 0 Å². The largest absolute Gasteiger partial charge is 0.366 e. The Balaban J connectivity index is 2.72. The minimum atomic E-state index is -0.539. The molecule has 15 heavy (non-hydrogen) atoms. The van der Waals surface area contributed by atoms with Crippen molar-refractivity contribution in [2.45, 2.75) is 0 Å². The summed E-state index contributed by atoms with van der Waals surface area (Å²) in [6, 6.07) is 4.82. The number of aromatic amines is 1. The number of hydrogen-bond acceptors (Lipinski definition) is 2. The molecule has 2 aromatic rings. The van der Waals surface area contributed by atoms with Gasteiger partial charge in [0, 0.05) is 22.7 Å². The fourth-order valence-corrected chi connectivity index (χ4v) is 1.48. The monoisotopic (exact) mass is 203 g/mol. The Morgan fingerprint density at radius 1 is 1.13 bits per heavy atom. The van der Waals surface area contributed by atoms with Crippen LogP contribution in [0.1, 0.15) is 20.7 Å². The van der Waals surface area contributed by atoms with Gasteiger partial charge in [-0.25, -0.2) is 0 Å². The molecule has 2 amide bonds. The molecule has 2 rings (SSSR count). The minimum Gasteiger partial charge on any atom is -0.366 e. The van der Waals surface area contributed by atoms with Crippen LogP contribution in [0.5, 0.6) is 0 Å². The van der Waals surface area contributed by atoms with E-state index in [1.165, 1.54) is 6.20 Å². The van der Waals surface area contributed by atoms with Crippen LogP contribution in [-0.2, 0) is 0 Å². The quantitative estimate of drug-likeness (QED) is 0.656. The molecule has 0 saturated carbocycles. The van der Waals surface area contributed by atoms with E-state index in [9.17, 15) is 9.59 Å². The maximum atomic E-state index is 11.0. The Bertz CT molecular complexity index is 557. The third-order valence-corrected chi connectivity index (χ3v) is 2.23. The lowest BCUT2D eigenvalue weighted by molar-refractivity contribution is 0.0991. The number of hydrogen-bond donors (Lipinski definition) is 3. The van der Waals surface area contributed by atoms with E-state index in [2.05, 4.69) is 4.98 Å². The van der Waals surface area contributed by atoms with E-state index in [0.29, 0.717) is 16.5 Å². The minimum absolute atomic E-state index is 0.351. The number of primary amides is 2. The SMILES string of the molecule is NC(=O)c1ccc2[nH]cc(C(N)=O)c2c1. The summed E-state index contributed by atoms with van der Waals surface area (Å²) >= 11 is 0. The second kappa shape index (κ2) is 3.13. The lowest BCUT2D eigenvalue weighted by Gasteiger charge is -1.97. The molecular formula is C10H9N3O2. The lowest BCUT2D eigenvalue weighted by atomic mass is 10.1. The molecule has 1 aromatic heterocycles. The van der Waals surface area contributed by atoms with Crippen molar-refractivity contribution in [1.29, 1.82) is 0 Å². The predicted molar refractivity (Wildman–Crippen MR) is 55.3 cm³/mol. The summed E-state index contributed by atoms with van der Waals surface area (Å²) in [5.41, 5.74) is 11.8. The van der Waals surface area contributed by atoms with Crippen LogP contribution in [0.2, 0.25) is 0 Å². The Hall–Kier alpha value is -2.30. The van der Waals surface area contributed by atoms with Crippen molar-refractivity contribution in [2.75, 3.05) is 0 Å². The molecule has 0 aliphatic rings. The Morgan fingerprint density at radius 2 is 1.87 bits per heavy atom. The van der Waals surface area contributed by atoms with Gasteiger partial charge in [0.25, 0.3) is 5.91 Å². The summed E-state index contributed by atoms with van der Waals surface area (Å²) in [6.07, 6.45) is 1.51. The lowest BCUT2D eigenvalue weighted by Crippen LogP contribution is -2.12. The molecule has 5 nitrogen and oxygen atoms in total. The molecule has 5 heteroatoms. The maximum absolute atomic E-state index is 11.0. The highest BCUT2D eigenvalue weighted by molar-refractivity contribution is 6.08. The van der Waals surface area contributed by atoms with Crippen molar-refractivity contribution in [3.63, 3.8) is 0 Å². The van der Waals surface area contributed by atoms with Crippen molar-refractivity contribution < 1.29 is 9.59 Å². The van der Waals surface area contributed by atoms with Crippen LogP contribution in [0.15, 0.2) is 24.4 Å². The van der Waals surface area contributed by atoms with Gasteiger partial charge in [0.1, 0.15) is 0 Å². The van der Waals surface area contributed by atoms with Gasteiger partial charge in [0.05, 0.1) is 5.56 Å². The summed E-state index contributed by atoms with van der Waals surface area (Å²) in [6.45, 7) is 0. The van der Waals surface area contributed by atoms with Crippen LogP contribution in [0.25, 0.3) is 10.9 Å². The summed E-state index contributed by atoms with van der Waals surface area (Å²) in [5.74, 6) is -1.07. The van der Waals surface area contributed by atoms with E-state index >= 15 is 0 Å². The van der Waals surface area contributed by atoms with Gasteiger partial charge in [-0.15, -0.1) is 0 Å². The highest BCUT2D eigenvalue weighted by Crippen LogP contribution is 2.19. The Kier molecular flexibility index (Phi) is 1.93. The van der Waals surface area contributed by atoms with Crippen molar-refractivity contribution in [1.82, 2.24) is 4.98 Å². The Labute approximate surface area is 85.1 Å². The Morgan fingerprint density at radius 3 is 2.47 bits per heavy atom. The molecule has 0 radical (unpaired) electrons. The van der Waals surface area contributed by atoms with Crippen molar-refractivity contribution in [3.05, 3.63) is 35.5 Å². The number of benzene rings is 1. The first kappa shape index (κ1) is 9.26. The predicted octanol–water partition coefficient (Wildman–Crippen LogP) is 0.366. The molecular weight excluding hydrogens is 194 g/mol. The molecule has 0 bridgehead atoms. The number of aromatic nitrogens is 1. The van der Waals surface area contributed by atoms with Crippen molar-refractivity contribution in [3.8, 4) is 0 Å². The number of nitrogens with one attached hydrogen (secondary N) is 1. The second-order valence-electron chi connectivity index (χ2n) is 3.19. The van der Waals surface area contributed by atoms with E-state index in [-0.39, 0.29) is 0 Å². The zero-order chi connectivity index (χ0) is 11.0. The van der Waals surface area contributed by atoms with Crippen molar-refractivity contribution >= 4 is 22.7 Å². The normalized spacial score (nSPS) is 10.4. The highest BCUT2D eigenvalue weighted by atomic mass is 16.1. The van der Waals surface area contributed by atoms with Gasteiger partial charge >= 0.3 is 0 Å². The highest BCUT2D eigenvalue weighted by Gasteiger charge is 2.10. The third kappa shape index (κ3) is 1.43. The zero-order valence-electron chi connectivity index (χ0n) is 7.78. The van der Waals surface area contributed by atoms with Gasteiger partial charge in [0.2, 0.25) is 5.91 Å². The molecule has 0 saturated heterocycles. The number of H-pyrrole nitrogens is 1. The molecule has 0 atom stereocenters. The third-order valence-electron chi connectivity index (χ3n) is 2.23. The molecule has 76 valence electrons. The number of rotatable bonds is 2. The van der Waals surface area contributed by atoms with E-state index < -0.39 is 11.8 Å². The van der Waals surface area contributed by atoms with Gasteiger partial charge < -0.3 is 16.5 Å². The first-order valence-electron chi connectivity index (χ1n) is 4.30. The van der Waals surface area contributed by atoms with Crippen LogP contribution in [0, 0.1) is 0 Å². The van der Waals surface area contributed by atoms with Crippen LogP contribution in [0.4, 0.5) is 0 Å². The zero-order valence-corrected chi connectivity index (χ0v) is 7.78. The first-order valence-corrected chi connectivity index (χ1v) is 4.30. The topological polar surface area (TPSA) is 102 Å². The number of carbonyl (C=O) groups excluding carboxylic acids is 2. The van der Waals surface area contributed by atoms with E-state index in [1.807, 2.05) is 0 Å². The van der Waals surface area contributed by atoms with Gasteiger partial charge in [-0.3, -0.25) is 9.59 Å². The molecule has 5 N–H and O–H groups in total. The molecule has 0 spiro atoms. The average molecular weight is 203 g/mol. The molecule has 1 heterocycles. The van der Waals surface area contributed by atoms with Crippen LogP contribution >= 0.6 is 0 Å². The van der Waals surface area contributed by atoms with Gasteiger partial charge in [-0.05, 0) is 18.2 Å². The molecule has 0 unspecified atom stereocenters. The van der Waals surface area contributed by atoms with E-state index in [1.54, 1.807) is 18.2 Å². The maximum Gasteiger partial charge on any atom is 0.250 e. The number of amides is 2. The van der Waals surface area contributed by atoms with E-state index in [4.69, 9.17) is 11.5 Å². The molecule has 0 fully saturated rings. The molecule has 0 aliphatic heterocycles. The van der Waals surface area contributed by atoms with Crippen LogP contribution in [0.3, 0.4) is 0 Å². The first-order chi connectivity index (χ1) is 7.09. The fourth-order valence-electron chi connectivity index (χ4n) is 1.48. The molecule has 0 aliphatic carbocycles.